The molecule has 24 heavy (non-hydrogen) atoms. The van der Waals surface area contributed by atoms with Crippen molar-refractivity contribution < 1.29 is 5.11 Å². The van der Waals surface area contributed by atoms with Gasteiger partial charge in [-0.3, -0.25) is 0 Å². The fourth-order valence-corrected chi connectivity index (χ4v) is 3.33. The Kier molecular flexibility index (Phi) is 4.71. The van der Waals surface area contributed by atoms with Gasteiger partial charge in [0.2, 0.25) is 0 Å². The van der Waals surface area contributed by atoms with E-state index >= 15 is 0 Å². The Morgan fingerprint density at radius 2 is 1.08 bits per heavy atom. The number of benzene rings is 3. The fraction of sp³-hybridized carbons (Fsp3) is 0.217. The molecule has 1 nitrogen and oxygen atoms in total. The molecule has 0 saturated carbocycles. The molecule has 2 unspecified atom stereocenters. The first-order chi connectivity index (χ1) is 11.6. The number of hydrogen-bond acceptors (Lipinski definition) is 1. The van der Waals surface area contributed by atoms with Crippen LogP contribution in [0.15, 0.2) is 72.8 Å². The molecule has 3 aromatic carbocycles. The van der Waals surface area contributed by atoms with E-state index < -0.39 is 0 Å². The second-order valence-electron chi connectivity index (χ2n) is 6.53. The normalized spacial score (nSPS) is 13.5. The van der Waals surface area contributed by atoms with Gasteiger partial charge in [0.25, 0.3) is 0 Å². The summed E-state index contributed by atoms with van der Waals surface area (Å²) >= 11 is 0. The molecule has 1 N–H and O–H groups in total. The molecule has 0 radical (unpaired) electrons. The van der Waals surface area contributed by atoms with Gasteiger partial charge >= 0.3 is 0 Å². The van der Waals surface area contributed by atoms with Crippen LogP contribution in [0, 0.1) is 6.92 Å². The number of aryl methyl sites for hydroxylation is 1. The van der Waals surface area contributed by atoms with Crippen LogP contribution in [0.3, 0.4) is 0 Å². The lowest BCUT2D eigenvalue weighted by atomic mass is 9.82. The minimum atomic E-state index is 0.235. The third-order valence-electron chi connectivity index (χ3n) is 4.93. The maximum Gasteiger partial charge on any atom is 0.118 e. The molecule has 3 rings (SSSR count). The number of phenolic OH excluding ortho intramolecular Hbond substituents is 1. The smallest absolute Gasteiger partial charge is 0.118 e. The van der Waals surface area contributed by atoms with E-state index in [0.717, 1.165) is 5.56 Å². The van der Waals surface area contributed by atoms with E-state index in [4.69, 9.17) is 0 Å². The summed E-state index contributed by atoms with van der Waals surface area (Å²) in [6, 6.07) is 25.1. The van der Waals surface area contributed by atoms with Gasteiger partial charge in [-0.25, -0.2) is 0 Å². The number of phenols is 1. The highest BCUT2D eigenvalue weighted by molar-refractivity contribution is 5.49. The monoisotopic (exact) mass is 316 g/mol. The third kappa shape index (κ3) is 3.21. The summed E-state index contributed by atoms with van der Waals surface area (Å²) in [6.07, 6.45) is 0. The Morgan fingerprint density at radius 1 is 0.667 bits per heavy atom. The third-order valence-corrected chi connectivity index (χ3v) is 4.93. The molecule has 3 aromatic rings. The van der Waals surface area contributed by atoms with E-state index in [9.17, 15) is 5.11 Å². The summed E-state index contributed by atoms with van der Waals surface area (Å²) in [5, 5.41) is 10.3. The maximum absolute atomic E-state index is 10.3. The maximum atomic E-state index is 10.3. The van der Waals surface area contributed by atoms with Gasteiger partial charge in [0.1, 0.15) is 5.75 Å². The fourth-order valence-electron chi connectivity index (χ4n) is 3.33. The van der Waals surface area contributed by atoms with Crippen molar-refractivity contribution in [3.63, 3.8) is 0 Å². The van der Waals surface area contributed by atoms with Crippen molar-refractivity contribution in [3.8, 4) is 5.75 Å². The summed E-state index contributed by atoms with van der Waals surface area (Å²) in [5.41, 5.74) is 5.97. The van der Waals surface area contributed by atoms with E-state index in [1.54, 1.807) is 0 Å². The van der Waals surface area contributed by atoms with Gasteiger partial charge in [0.05, 0.1) is 0 Å². The van der Waals surface area contributed by atoms with Crippen LogP contribution < -0.4 is 0 Å². The lowest BCUT2D eigenvalue weighted by Crippen LogP contribution is -2.06. The molecule has 0 saturated heterocycles. The SMILES string of the molecule is Cc1cc(C(C)c2ccccc2)c(C(C)c2ccccc2)cc1O. The highest BCUT2D eigenvalue weighted by Gasteiger charge is 2.19. The van der Waals surface area contributed by atoms with Gasteiger partial charge in [-0.1, -0.05) is 80.6 Å². The second-order valence-corrected chi connectivity index (χ2v) is 6.53. The van der Waals surface area contributed by atoms with Crippen LogP contribution in [-0.4, -0.2) is 5.11 Å². The molecular weight excluding hydrogens is 292 g/mol. The standard InChI is InChI=1S/C23H24O/c1-16-14-21(17(2)19-10-6-4-7-11-19)22(15-23(16)24)18(3)20-12-8-5-9-13-20/h4-15,17-18,24H,1-3H3. The molecule has 0 aliphatic rings. The van der Waals surface area contributed by atoms with Crippen molar-refractivity contribution in [1.82, 2.24) is 0 Å². The average Bonchev–Trinajstić information content (AvgIpc) is 2.64. The van der Waals surface area contributed by atoms with E-state index in [0.29, 0.717) is 5.75 Å². The number of rotatable bonds is 4. The number of aromatic hydroxyl groups is 1. The number of hydrogen-bond donors (Lipinski definition) is 1. The van der Waals surface area contributed by atoms with Crippen molar-refractivity contribution in [1.29, 1.82) is 0 Å². The topological polar surface area (TPSA) is 20.2 Å². The van der Waals surface area contributed by atoms with Crippen molar-refractivity contribution in [3.05, 3.63) is 101 Å². The zero-order valence-electron chi connectivity index (χ0n) is 14.5. The Morgan fingerprint density at radius 3 is 1.54 bits per heavy atom. The van der Waals surface area contributed by atoms with Crippen LogP contribution in [0.4, 0.5) is 0 Å². The molecule has 2 atom stereocenters. The van der Waals surface area contributed by atoms with Crippen LogP contribution in [0.1, 0.15) is 53.5 Å². The van der Waals surface area contributed by atoms with Crippen molar-refractivity contribution in [2.75, 3.05) is 0 Å². The van der Waals surface area contributed by atoms with Gasteiger partial charge in [-0.15, -0.1) is 0 Å². The second kappa shape index (κ2) is 6.92. The van der Waals surface area contributed by atoms with Crippen molar-refractivity contribution in [2.45, 2.75) is 32.6 Å². The van der Waals surface area contributed by atoms with Gasteiger partial charge in [0, 0.05) is 11.8 Å². The van der Waals surface area contributed by atoms with E-state index in [-0.39, 0.29) is 11.8 Å². The van der Waals surface area contributed by atoms with Crippen LogP contribution in [0.2, 0.25) is 0 Å². The highest BCUT2D eigenvalue weighted by Crippen LogP contribution is 2.37. The van der Waals surface area contributed by atoms with E-state index in [1.165, 1.54) is 22.3 Å². The lowest BCUT2D eigenvalue weighted by Gasteiger charge is -2.23. The molecule has 0 spiro atoms. The molecule has 0 heterocycles. The summed E-state index contributed by atoms with van der Waals surface area (Å²) in [6.45, 7) is 6.41. The molecule has 0 amide bonds. The Hall–Kier alpha value is -2.54. The molecule has 0 bridgehead atoms. The highest BCUT2D eigenvalue weighted by atomic mass is 16.3. The Bertz CT molecular complexity index is 736. The summed E-state index contributed by atoms with van der Waals surface area (Å²) in [7, 11) is 0. The first kappa shape index (κ1) is 16.3. The molecule has 0 aliphatic carbocycles. The molecule has 122 valence electrons. The van der Waals surface area contributed by atoms with Gasteiger partial charge in [0.15, 0.2) is 0 Å². The van der Waals surface area contributed by atoms with E-state index in [1.807, 2.05) is 25.1 Å². The summed E-state index contributed by atoms with van der Waals surface area (Å²) in [4.78, 5) is 0. The van der Waals surface area contributed by atoms with Crippen LogP contribution >= 0.6 is 0 Å². The zero-order chi connectivity index (χ0) is 17.1. The first-order valence-corrected chi connectivity index (χ1v) is 8.51. The van der Waals surface area contributed by atoms with Crippen molar-refractivity contribution in [2.24, 2.45) is 0 Å². The van der Waals surface area contributed by atoms with Gasteiger partial charge in [-0.05, 0) is 40.8 Å². The van der Waals surface area contributed by atoms with Crippen molar-refractivity contribution >= 4 is 0 Å². The molecule has 0 fully saturated rings. The predicted octanol–water partition coefficient (Wildman–Crippen LogP) is 6.00. The summed E-state index contributed by atoms with van der Waals surface area (Å²) in [5.74, 6) is 0.891. The van der Waals surface area contributed by atoms with Crippen LogP contribution in [-0.2, 0) is 0 Å². The van der Waals surface area contributed by atoms with E-state index in [2.05, 4.69) is 68.4 Å². The first-order valence-electron chi connectivity index (χ1n) is 8.51. The molecule has 0 aromatic heterocycles. The van der Waals surface area contributed by atoms with Crippen LogP contribution in [0.25, 0.3) is 0 Å². The summed E-state index contributed by atoms with van der Waals surface area (Å²) < 4.78 is 0. The molecular formula is C23H24O. The predicted molar refractivity (Wildman–Crippen MR) is 101 cm³/mol. The lowest BCUT2D eigenvalue weighted by molar-refractivity contribution is 0.469. The largest absolute Gasteiger partial charge is 0.508 e. The zero-order valence-corrected chi connectivity index (χ0v) is 14.5. The molecule has 1 heteroatoms. The Labute approximate surface area is 144 Å². The van der Waals surface area contributed by atoms with Gasteiger partial charge < -0.3 is 5.11 Å². The average molecular weight is 316 g/mol. The van der Waals surface area contributed by atoms with Gasteiger partial charge in [-0.2, -0.15) is 0 Å². The minimum absolute atomic E-state index is 0.235. The minimum Gasteiger partial charge on any atom is -0.508 e. The van der Waals surface area contributed by atoms with Crippen LogP contribution in [0.5, 0.6) is 5.75 Å². The molecule has 0 aliphatic heterocycles. The Balaban J connectivity index is 2.10. The quantitative estimate of drug-likeness (QED) is 0.625.